The molecule has 0 saturated heterocycles. The van der Waals surface area contributed by atoms with Crippen molar-refractivity contribution in [2.75, 3.05) is 0 Å². The minimum atomic E-state index is -0.00483. The van der Waals surface area contributed by atoms with Crippen LogP contribution in [0.3, 0.4) is 0 Å². The number of halogens is 1. The third-order valence-electron chi connectivity index (χ3n) is 10.2. The lowest BCUT2D eigenvalue weighted by molar-refractivity contribution is 0.281. The van der Waals surface area contributed by atoms with Crippen LogP contribution in [0.4, 0.5) is 0 Å². The molecule has 0 aliphatic carbocycles. The number of nitriles is 3. The molecule has 0 unspecified atom stereocenters. The fourth-order valence-corrected chi connectivity index (χ4v) is 7.36. The zero-order valence-electron chi connectivity index (χ0n) is 40.1. The Morgan fingerprint density at radius 2 is 1.07 bits per heavy atom. The number of aliphatic hydroxyl groups excluding tert-OH is 3. The molecule has 9 aromatic rings. The van der Waals surface area contributed by atoms with E-state index in [1.54, 1.807) is 41.5 Å². The molecule has 21 heteroatoms. The molecule has 0 aliphatic rings. The SMILES string of the molecule is CC(C)(C)Cn1c(CBr)cc2cnc(C#N)nc21.CC(C)(C)Cn1c(Cn2nnc(-c3ccc(CO)cc3)n2)cc2cnc(C#N)nc21.N#Cc1ccc(CO)cc1.OCc1ccc(-c2nn[nH]n2)cc1. The molecule has 3 aromatic carbocycles. The van der Waals surface area contributed by atoms with Gasteiger partial charge in [-0.1, -0.05) is 118 Å². The van der Waals surface area contributed by atoms with Crippen LogP contribution in [0.5, 0.6) is 0 Å². The lowest BCUT2D eigenvalue weighted by Gasteiger charge is -2.21. The van der Waals surface area contributed by atoms with Crippen LogP contribution < -0.4 is 0 Å². The Morgan fingerprint density at radius 1 is 0.606 bits per heavy atom. The number of rotatable bonds is 10. The fourth-order valence-electron chi connectivity index (χ4n) is 6.90. The van der Waals surface area contributed by atoms with Gasteiger partial charge in [-0.3, -0.25) is 0 Å². The van der Waals surface area contributed by atoms with Crippen molar-refractivity contribution in [3.05, 3.63) is 143 Å². The van der Waals surface area contributed by atoms with Crippen molar-refractivity contribution in [2.24, 2.45) is 10.8 Å². The van der Waals surface area contributed by atoms with E-state index in [0.29, 0.717) is 23.8 Å². The Bertz CT molecular complexity index is 3280. The number of aromatic amines is 1. The van der Waals surface area contributed by atoms with Gasteiger partial charge >= 0.3 is 0 Å². The molecule has 20 nitrogen and oxygen atoms in total. The molecule has 0 atom stereocenters. The third kappa shape index (κ3) is 14.5. The second-order valence-electron chi connectivity index (χ2n) is 18.4. The van der Waals surface area contributed by atoms with Gasteiger partial charge in [-0.25, -0.2) is 19.9 Å². The highest BCUT2D eigenvalue weighted by Gasteiger charge is 2.20. The second-order valence-corrected chi connectivity index (χ2v) is 19.0. The average molecular weight is 1020 g/mol. The molecule has 0 radical (unpaired) electrons. The van der Waals surface area contributed by atoms with Crippen molar-refractivity contribution in [3.63, 3.8) is 0 Å². The Labute approximate surface area is 418 Å². The summed E-state index contributed by atoms with van der Waals surface area (Å²) in [6, 6.07) is 31.6. The number of hydrogen-bond donors (Lipinski definition) is 4. The smallest absolute Gasteiger partial charge is 0.234 e. The molecule has 0 saturated carbocycles. The molecule has 6 heterocycles. The van der Waals surface area contributed by atoms with Crippen LogP contribution in [0.25, 0.3) is 44.8 Å². The van der Waals surface area contributed by atoms with Gasteiger partial charge in [-0.15, -0.1) is 20.4 Å². The molecule has 0 spiro atoms. The molecule has 0 fully saturated rings. The highest BCUT2D eigenvalue weighted by atomic mass is 79.9. The van der Waals surface area contributed by atoms with Crippen LogP contribution in [0, 0.1) is 44.8 Å². The molecular formula is C50H52BrN17O3. The molecule has 362 valence electrons. The fraction of sp³-hybridized carbons (Fsp3) is 0.300. The van der Waals surface area contributed by atoms with E-state index in [1.165, 1.54) is 0 Å². The van der Waals surface area contributed by atoms with E-state index >= 15 is 0 Å². The van der Waals surface area contributed by atoms with Crippen molar-refractivity contribution in [3.8, 4) is 41.0 Å². The molecule has 71 heavy (non-hydrogen) atoms. The van der Waals surface area contributed by atoms with Crippen molar-refractivity contribution in [1.82, 2.24) is 69.9 Å². The molecule has 4 N–H and O–H groups in total. The van der Waals surface area contributed by atoms with Crippen molar-refractivity contribution in [2.45, 2.75) is 86.3 Å². The minimum absolute atomic E-state index is 0.00483. The number of benzene rings is 3. The van der Waals surface area contributed by atoms with E-state index in [1.807, 2.05) is 72.8 Å². The maximum absolute atomic E-state index is 9.19. The number of aromatic nitrogens is 14. The number of aliphatic hydroxyl groups is 3. The Morgan fingerprint density at radius 3 is 1.49 bits per heavy atom. The van der Waals surface area contributed by atoms with Gasteiger partial charge < -0.3 is 24.5 Å². The highest BCUT2D eigenvalue weighted by molar-refractivity contribution is 9.08. The summed E-state index contributed by atoms with van der Waals surface area (Å²) in [5.74, 6) is 1.45. The summed E-state index contributed by atoms with van der Waals surface area (Å²) in [6.07, 6.45) is 3.39. The van der Waals surface area contributed by atoms with E-state index in [4.69, 9.17) is 20.7 Å². The van der Waals surface area contributed by atoms with Gasteiger partial charge in [0.1, 0.15) is 30.0 Å². The summed E-state index contributed by atoms with van der Waals surface area (Å²) in [5, 5.41) is 82.0. The Balaban J connectivity index is 0.000000170. The third-order valence-corrected chi connectivity index (χ3v) is 10.8. The van der Waals surface area contributed by atoms with Crippen LogP contribution in [0.15, 0.2) is 97.3 Å². The van der Waals surface area contributed by atoms with Gasteiger partial charge in [0, 0.05) is 64.1 Å². The monoisotopic (exact) mass is 1020 g/mol. The molecule has 0 aliphatic heterocycles. The van der Waals surface area contributed by atoms with Gasteiger partial charge in [0.15, 0.2) is 0 Å². The zero-order valence-corrected chi connectivity index (χ0v) is 41.6. The maximum atomic E-state index is 9.19. The quantitative estimate of drug-likeness (QED) is 0.0985. The number of hydrogen-bond acceptors (Lipinski definition) is 16. The Hall–Kier alpha value is -8.13. The van der Waals surface area contributed by atoms with Crippen LogP contribution in [-0.4, -0.2) is 85.2 Å². The number of nitrogens with one attached hydrogen (secondary N) is 1. The predicted octanol–water partition coefficient (Wildman–Crippen LogP) is 7.20. The van der Waals surface area contributed by atoms with Crippen LogP contribution in [0.1, 0.15) is 86.8 Å². The molecule has 0 bridgehead atoms. The maximum Gasteiger partial charge on any atom is 0.234 e. The first-order valence-electron chi connectivity index (χ1n) is 22.2. The van der Waals surface area contributed by atoms with E-state index in [9.17, 15) is 10.4 Å². The van der Waals surface area contributed by atoms with Gasteiger partial charge in [0.2, 0.25) is 23.3 Å². The minimum Gasteiger partial charge on any atom is -0.392 e. The highest BCUT2D eigenvalue weighted by Crippen LogP contribution is 2.27. The van der Waals surface area contributed by atoms with Crippen LogP contribution in [-0.2, 0) is 44.8 Å². The topological polar surface area (TPSA) is 292 Å². The molecule has 6 aromatic heterocycles. The van der Waals surface area contributed by atoms with Gasteiger partial charge in [0.25, 0.3) is 0 Å². The Kier molecular flexibility index (Phi) is 17.6. The average Bonchev–Trinajstić information content (AvgIpc) is 4.21. The summed E-state index contributed by atoms with van der Waals surface area (Å²) >= 11 is 3.50. The lowest BCUT2D eigenvalue weighted by atomic mass is 9.97. The molecule has 9 rings (SSSR count). The van der Waals surface area contributed by atoms with Crippen LogP contribution in [0.2, 0.25) is 0 Å². The molecular weight excluding hydrogens is 967 g/mol. The van der Waals surface area contributed by atoms with Crippen molar-refractivity contribution in [1.29, 1.82) is 15.8 Å². The summed E-state index contributed by atoms with van der Waals surface area (Å²) in [4.78, 5) is 18.4. The summed E-state index contributed by atoms with van der Waals surface area (Å²) in [7, 11) is 0. The predicted molar refractivity (Wildman–Crippen MR) is 267 cm³/mol. The summed E-state index contributed by atoms with van der Waals surface area (Å²) in [6.45, 7) is 15.1. The first-order valence-corrected chi connectivity index (χ1v) is 23.3. The van der Waals surface area contributed by atoms with Gasteiger partial charge in [0.05, 0.1) is 31.5 Å². The zero-order chi connectivity index (χ0) is 51.1. The van der Waals surface area contributed by atoms with Gasteiger partial charge in [-0.2, -0.15) is 25.8 Å². The second kappa shape index (κ2) is 23.9. The van der Waals surface area contributed by atoms with Crippen molar-refractivity contribution < 1.29 is 15.3 Å². The lowest BCUT2D eigenvalue weighted by Crippen LogP contribution is -2.19. The molecule has 0 amide bonds. The first-order chi connectivity index (χ1) is 34.1. The van der Waals surface area contributed by atoms with E-state index in [-0.39, 0.29) is 42.3 Å². The standard InChI is InChI=1S/C21H22N8O.C13H15BrN4.C8H8N4O.C8H7NO/c1-21(2,3)13-28-17(8-16-10-23-18(9-22)24-20(16)28)11-29-26-19(25-27-29)15-6-4-14(12-30)5-7-15;1-13(2,3)8-18-10(5-14)4-9-7-16-11(6-15)17-12(9)18;13-5-6-1-3-7(4-2-6)8-9-11-12-10-8;9-5-7-1-3-8(6-10)4-2-7/h4-8,10,30H,11-13H2,1-3H3;4,7H,5,8H2,1-3H3;1-4,13H,5H2,(H,9,10,11,12);1-4,10H,6H2. The number of H-pyrrole nitrogens is 1. The number of alkyl halides is 1. The summed E-state index contributed by atoms with van der Waals surface area (Å²) < 4.78 is 4.25. The largest absolute Gasteiger partial charge is 0.392 e. The van der Waals surface area contributed by atoms with Crippen molar-refractivity contribution >= 4 is 38.0 Å². The van der Waals surface area contributed by atoms with Gasteiger partial charge in [-0.05, 0) is 62.2 Å². The normalized spacial score (nSPS) is 11.0. The number of fused-ring (bicyclic) bond motifs is 2. The van der Waals surface area contributed by atoms with E-state index in [2.05, 4.69) is 129 Å². The van der Waals surface area contributed by atoms with Crippen LogP contribution >= 0.6 is 15.9 Å². The first kappa shape index (κ1) is 52.2. The summed E-state index contributed by atoms with van der Waals surface area (Å²) in [5.41, 5.74) is 8.71. The van der Waals surface area contributed by atoms with E-state index < -0.39 is 0 Å². The number of nitrogens with zero attached hydrogens (tertiary/aromatic N) is 16. The number of tetrazole rings is 2. The van der Waals surface area contributed by atoms with E-state index in [0.717, 1.165) is 79.7 Å².